The van der Waals surface area contributed by atoms with Crippen LogP contribution < -0.4 is 0 Å². The standard InChI is InChI=1S/C8H16NO5P/c1-5-7(10)8(11)9(6-2)15(12,13-3)14-4/h5-6H2,1-4H3. The normalized spacial score (nSPS) is 11.2. The van der Waals surface area contributed by atoms with Gasteiger partial charge < -0.3 is 0 Å². The fourth-order valence-corrected chi connectivity index (χ4v) is 2.22. The molecule has 0 heterocycles. The Balaban J connectivity index is 4.99. The summed E-state index contributed by atoms with van der Waals surface area (Å²) in [5.74, 6) is -1.46. The number of Topliss-reactive ketones (excluding diaryl/α,β-unsaturated/α-hetero) is 1. The number of amides is 1. The van der Waals surface area contributed by atoms with E-state index in [0.29, 0.717) is 0 Å². The van der Waals surface area contributed by atoms with E-state index < -0.39 is 19.4 Å². The highest BCUT2D eigenvalue weighted by Gasteiger charge is 2.36. The summed E-state index contributed by atoms with van der Waals surface area (Å²) in [7, 11) is -1.32. The fourth-order valence-electron chi connectivity index (χ4n) is 0.995. The summed E-state index contributed by atoms with van der Waals surface area (Å²) in [6, 6.07) is 0. The molecule has 0 aliphatic carbocycles. The molecule has 0 radical (unpaired) electrons. The van der Waals surface area contributed by atoms with E-state index in [1.165, 1.54) is 0 Å². The van der Waals surface area contributed by atoms with Gasteiger partial charge in [-0.25, -0.2) is 9.24 Å². The summed E-state index contributed by atoms with van der Waals surface area (Å²) < 4.78 is 22.0. The Morgan fingerprint density at radius 2 is 1.67 bits per heavy atom. The smallest absolute Gasteiger partial charge is 0.295 e. The van der Waals surface area contributed by atoms with Crippen LogP contribution >= 0.6 is 7.75 Å². The monoisotopic (exact) mass is 237 g/mol. The van der Waals surface area contributed by atoms with Crippen molar-refractivity contribution in [3.8, 4) is 0 Å². The highest BCUT2D eigenvalue weighted by Crippen LogP contribution is 2.50. The predicted octanol–water partition coefficient (Wildman–Crippen LogP) is 1.21. The van der Waals surface area contributed by atoms with Crippen LogP contribution in [0.5, 0.6) is 0 Å². The molecule has 0 aromatic rings. The second kappa shape index (κ2) is 6.00. The molecule has 0 saturated carbocycles. The molecule has 15 heavy (non-hydrogen) atoms. The van der Waals surface area contributed by atoms with Crippen LogP contribution in [0.3, 0.4) is 0 Å². The third kappa shape index (κ3) is 3.12. The molecule has 0 aromatic heterocycles. The van der Waals surface area contributed by atoms with Crippen molar-refractivity contribution in [2.45, 2.75) is 20.3 Å². The molecule has 0 atom stereocenters. The minimum Gasteiger partial charge on any atom is -0.295 e. The van der Waals surface area contributed by atoms with Crippen LogP contribution in [0, 0.1) is 0 Å². The van der Waals surface area contributed by atoms with Crippen molar-refractivity contribution < 1.29 is 23.2 Å². The molecule has 6 nitrogen and oxygen atoms in total. The minimum absolute atomic E-state index is 0.0583. The quantitative estimate of drug-likeness (QED) is 0.513. The Morgan fingerprint density at radius 1 is 1.20 bits per heavy atom. The summed E-state index contributed by atoms with van der Waals surface area (Å²) in [5.41, 5.74) is 0. The van der Waals surface area contributed by atoms with Crippen molar-refractivity contribution in [2.75, 3.05) is 20.8 Å². The lowest BCUT2D eigenvalue weighted by atomic mass is 10.3. The molecule has 0 saturated heterocycles. The van der Waals surface area contributed by atoms with E-state index in [2.05, 4.69) is 9.05 Å². The molecule has 88 valence electrons. The zero-order chi connectivity index (χ0) is 12.1. The molecule has 0 rings (SSSR count). The average molecular weight is 237 g/mol. The van der Waals surface area contributed by atoms with E-state index in [9.17, 15) is 14.2 Å². The lowest BCUT2D eigenvalue weighted by Gasteiger charge is -2.25. The Morgan fingerprint density at radius 3 is 1.93 bits per heavy atom. The maximum Gasteiger partial charge on any atom is 0.437 e. The lowest BCUT2D eigenvalue weighted by Crippen LogP contribution is -2.34. The van der Waals surface area contributed by atoms with E-state index in [0.717, 1.165) is 18.9 Å². The average Bonchev–Trinajstić information content (AvgIpc) is 2.28. The summed E-state index contributed by atoms with van der Waals surface area (Å²) in [6.45, 7) is 3.23. The van der Waals surface area contributed by atoms with Crippen LogP contribution in [-0.2, 0) is 23.2 Å². The molecule has 0 spiro atoms. The van der Waals surface area contributed by atoms with Gasteiger partial charge in [0.1, 0.15) is 0 Å². The summed E-state index contributed by atoms with van der Waals surface area (Å²) in [6.07, 6.45) is 0.0583. The number of hydrogen-bond acceptors (Lipinski definition) is 5. The highest BCUT2D eigenvalue weighted by atomic mass is 31.2. The van der Waals surface area contributed by atoms with Gasteiger partial charge in [-0.2, -0.15) is 0 Å². The maximum absolute atomic E-state index is 11.9. The largest absolute Gasteiger partial charge is 0.437 e. The Labute approximate surface area is 89.1 Å². The van der Waals surface area contributed by atoms with Gasteiger partial charge in [0.15, 0.2) is 0 Å². The minimum atomic E-state index is -3.65. The van der Waals surface area contributed by atoms with Crippen LogP contribution in [-0.4, -0.2) is 37.1 Å². The molecule has 0 unspecified atom stereocenters. The van der Waals surface area contributed by atoms with Gasteiger partial charge in [0.25, 0.3) is 5.91 Å². The van der Waals surface area contributed by atoms with Gasteiger partial charge in [0, 0.05) is 27.2 Å². The third-order valence-corrected chi connectivity index (χ3v) is 3.83. The zero-order valence-electron chi connectivity index (χ0n) is 9.35. The molecule has 1 amide bonds. The van der Waals surface area contributed by atoms with Crippen molar-refractivity contribution in [2.24, 2.45) is 0 Å². The third-order valence-electron chi connectivity index (χ3n) is 1.85. The second-order valence-electron chi connectivity index (χ2n) is 2.63. The van der Waals surface area contributed by atoms with Gasteiger partial charge in [-0.15, -0.1) is 0 Å². The number of carbonyl (C=O) groups is 2. The van der Waals surface area contributed by atoms with E-state index in [1.807, 2.05) is 0 Å². The Bertz CT molecular complexity index is 283. The molecular weight excluding hydrogens is 221 g/mol. The van der Waals surface area contributed by atoms with Gasteiger partial charge in [0.05, 0.1) is 0 Å². The number of nitrogens with zero attached hydrogens (tertiary/aromatic N) is 1. The maximum atomic E-state index is 11.9. The van der Waals surface area contributed by atoms with E-state index >= 15 is 0 Å². The molecular formula is C8H16NO5P. The van der Waals surface area contributed by atoms with Crippen molar-refractivity contribution >= 4 is 19.4 Å². The SMILES string of the molecule is CCC(=O)C(=O)N(CC)P(=O)(OC)OC. The Kier molecular flexibility index (Phi) is 5.72. The number of hydrogen-bond donors (Lipinski definition) is 0. The predicted molar refractivity (Wildman–Crippen MR) is 54.3 cm³/mol. The van der Waals surface area contributed by atoms with Crippen molar-refractivity contribution in [3.63, 3.8) is 0 Å². The summed E-state index contributed by atoms with van der Waals surface area (Å²) >= 11 is 0. The zero-order valence-corrected chi connectivity index (χ0v) is 10.2. The van der Waals surface area contributed by atoms with E-state index in [4.69, 9.17) is 0 Å². The van der Waals surface area contributed by atoms with Crippen LogP contribution in [0.1, 0.15) is 20.3 Å². The first kappa shape index (κ1) is 14.3. The number of likely N-dealkylation sites (N-methyl/N-ethyl adjacent to an activating group) is 1. The molecule has 0 aliphatic rings. The number of rotatable bonds is 6. The topological polar surface area (TPSA) is 72.9 Å². The lowest BCUT2D eigenvalue weighted by molar-refractivity contribution is -0.142. The van der Waals surface area contributed by atoms with E-state index in [1.54, 1.807) is 13.8 Å². The molecule has 0 fully saturated rings. The van der Waals surface area contributed by atoms with Gasteiger partial charge in [-0.1, -0.05) is 6.92 Å². The van der Waals surface area contributed by atoms with Crippen LogP contribution in [0.25, 0.3) is 0 Å². The first-order chi connectivity index (χ1) is 6.96. The van der Waals surface area contributed by atoms with Gasteiger partial charge >= 0.3 is 7.75 Å². The molecule has 0 aliphatic heterocycles. The number of carbonyl (C=O) groups excluding carboxylic acids is 2. The van der Waals surface area contributed by atoms with Crippen LogP contribution in [0.4, 0.5) is 0 Å². The highest BCUT2D eigenvalue weighted by molar-refractivity contribution is 7.52. The van der Waals surface area contributed by atoms with Crippen LogP contribution in [0.2, 0.25) is 0 Å². The summed E-state index contributed by atoms with van der Waals surface area (Å²) in [5, 5.41) is 0. The second-order valence-corrected chi connectivity index (χ2v) is 4.78. The van der Waals surface area contributed by atoms with E-state index in [-0.39, 0.29) is 13.0 Å². The van der Waals surface area contributed by atoms with Gasteiger partial charge in [-0.3, -0.25) is 18.6 Å². The molecule has 0 N–H and O–H groups in total. The van der Waals surface area contributed by atoms with Crippen molar-refractivity contribution in [3.05, 3.63) is 0 Å². The Hall–Kier alpha value is -0.710. The molecule has 0 bridgehead atoms. The fraction of sp³-hybridized carbons (Fsp3) is 0.750. The first-order valence-corrected chi connectivity index (χ1v) is 6.03. The summed E-state index contributed by atoms with van der Waals surface area (Å²) in [4.78, 5) is 22.7. The molecule has 0 aromatic carbocycles. The van der Waals surface area contributed by atoms with Crippen molar-refractivity contribution in [1.29, 1.82) is 0 Å². The molecule has 7 heteroatoms. The van der Waals surface area contributed by atoms with Gasteiger partial charge in [0.2, 0.25) is 5.78 Å². The number of ketones is 1. The van der Waals surface area contributed by atoms with Gasteiger partial charge in [-0.05, 0) is 6.92 Å². The first-order valence-electron chi connectivity index (χ1n) is 4.53. The van der Waals surface area contributed by atoms with Crippen molar-refractivity contribution in [1.82, 2.24) is 4.67 Å². The van der Waals surface area contributed by atoms with Crippen LogP contribution in [0.15, 0.2) is 0 Å².